The van der Waals surface area contributed by atoms with Crippen molar-refractivity contribution in [1.29, 1.82) is 0 Å². The highest BCUT2D eigenvalue weighted by Crippen LogP contribution is 2.21. The van der Waals surface area contributed by atoms with E-state index in [9.17, 15) is 13.2 Å². The summed E-state index contributed by atoms with van der Waals surface area (Å²) in [5, 5.41) is 3.34. The number of carbonyl (C=O) groups is 1. The van der Waals surface area contributed by atoms with Gasteiger partial charge in [-0.2, -0.15) is 0 Å². The van der Waals surface area contributed by atoms with Gasteiger partial charge in [0.2, 0.25) is 15.9 Å². The summed E-state index contributed by atoms with van der Waals surface area (Å²) in [4.78, 5) is 12.2. The van der Waals surface area contributed by atoms with E-state index in [1.54, 1.807) is 49.4 Å². The Bertz CT molecular complexity index is 820. The summed E-state index contributed by atoms with van der Waals surface area (Å²) in [5.74, 6) is -0.376. The van der Waals surface area contributed by atoms with Gasteiger partial charge < -0.3 is 5.32 Å². The summed E-state index contributed by atoms with van der Waals surface area (Å²) in [6, 6.07) is 14.1. The summed E-state index contributed by atoms with van der Waals surface area (Å²) in [6.07, 6.45) is 1.09. The van der Waals surface area contributed by atoms with Crippen molar-refractivity contribution in [3.8, 4) is 0 Å². The minimum absolute atomic E-state index is 0.267. The van der Waals surface area contributed by atoms with Crippen LogP contribution in [0.2, 0.25) is 5.02 Å². The zero-order chi connectivity index (χ0) is 17.7. The molecular formula is C17H19ClN2O3S. The molecule has 7 heteroatoms. The van der Waals surface area contributed by atoms with Gasteiger partial charge in [-0.05, 0) is 36.2 Å². The highest BCUT2D eigenvalue weighted by molar-refractivity contribution is 7.92. The highest BCUT2D eigenvalue weighted by Gasteiger charge is 2.21. The number of sulfonamides is 1. The minimum Gasteiger partial charge on any atom is -0.350 e. The van der Waals surface area contributed by atoms with E-state index in [0.717, 1.165) is 21.7 Å². The molecule has 0 aliphatic rings. The van der Waals surface area contributed by atoms with E-state index in [1.165, 1.54) is 0 Å². The van der Waals surface area contributed by atoms with Crippen molar-refractivity contribution in [3.05, 3.63) is 64.7 Å². The number of halogens is 1. The van der Waals surface area contributed by atoms with Gasteiger partial charge in [0.25, 0.3) is 0 Å². The Morgan fingerprint density at radius 1 is 1.12 bits per heavy atom. The van der Waals surface area contributed by atoms with Gasteiger partial charge in [0.05, 0.1) is 11.9 Å². The van der Waals surface area contributed by atoms with E-state index in [-0.39, 0.29) is 12.5 Å². The molecule has 0 heterocycles. The Hall–Kier alpha value is -2.05. The van der Waals surface area contributed by atoms with Crippen molar-refractivity contribution >= 4 is 33.2 Å². The number of hydrogen-bond donors (Lipinski definition) is 1. The molecule has 0 spiro atoms. The van der Waals surface area contributed by atoms with Crippen LogP contribution in [0.1, 0.15) is 11.1 Å². The number of rotatable bonds is 6. The van der Waals surface area contributed by atoms with Gasteiger partial charge >= 0.3 is 0 Å². The Morgan fingerprint density at radius 3 is 2.33 bits per heavy atom. The van der Waals surface area contributed by atoms with Crippen LogP contribution in [-0.4, -0.2) is 27.1 Å². The maximum Gasteiger partial charge on any atom is 0.241 e. The normalized spacial score (nSPS) is 11.1. The van der Waals surface area contributed by atoms with Gasteiger partial charge in [-0.15, -0.1) is 0 Å². The first-order valence-corrected chi connectivity index (χ1v) is 9.54. The first-order valence-electron chi connectivity index (χ1n) is 7.32. The summed E-state index contributed by atoms with van der Waals surface area (Å²) in [7, 11) is -3.57. The molecule has 0 aliphatic carbocycles. The third-order valence-electron chi connectivity index (χ3n) is 3.47. The van der Waals surface area contributed by atoms with Crippen LogP contribution in [0.5, 0.6) is 0 Å². The monoisotopic (exact) mass is 366 g/mol. The average molecular weight is 367 g/mol. The number of nitrogens with one attached hydrogen (secondary N) is 1. The highest BCUT2D eigenvalue weighted by atomic mass is 35.5. The fourth-order valence-electron chi connectivity index (χ4n) is 2.21. The van der Waals surface area contributed by atoms with Gasteiger partial charge in [0.15, 0.2) is 0 Å². The van der Waals surface area contributed by atoms with Gasteiger partial charge in [-0.3, -0.25) is 9.10 Å². The second-order valence-corrected chi connectivity index (χ2v) is 7.80. The first-order chi connectivity index (χ1) is 11.3. The van der Waals surface area contributed by atoms with E-state index >= 15 is 0 Å². The molecule has 0 saturated carbocycles. The van der Waals surface area contributed by atoms with Crippen molar-refractivity contribution in [1.82, 2.24) is 5.32 Å². The molecular weight excluding hydrogens is 348 g/mol. The van der Waals surface area contributed by atoms with Gasteiger partial charge in [-0.1, -0.05) is 41.9 Å². The molecule has 0 atom stereocenters. The molecule has 0 aromatic heterocycles. The van der Waals surface area contributed by atoms with Crippen molar-refractivity contribution in [2.24, 2.45) is 0 Å². The molecule has 0 fully saturated rings. The number of nitrogens with zero attached hydrogens (tertiary/aromatic N) is 1. The molecule has 0 bridgehead atoms. The first kappa shape index (κ1) is 18.3. The van der Waals surface area contributed by atoms with E-state index in [0.29, 0.717) is 17.3 Å². The fourth-order valence-corrected chi connectivity index (χ4v) is 3.25. The topological polar surface area (TPSA) is 66.5 Å². The van der Waals surface area contributed by atoms with Crippen LogP contribution >= 0.6 is 11.6 Å². The summed E-state index contributed by atoms with van der Waals surface area (Å²) in [6.45, 7) is 1.85. The number of amides is 1. The predicted molar refractivity (Wildman–Crippen MR) is 96.7 cm³/mol. The molecule has 2 aromatic rings. The number of carbonyl (C=O) groups excluding carboxylic acids is 1. The van der Waals surface area contributed by atoms with E-state index < -0.39 is 10.0 Å². The van der Waals surface area contributed by atoms with Crippen LogP contribution in [0.25, 0.3) is 0 Å². The molecule has 2 aromatic carbocycles. The van der Waals surface area contributed by atoms with Crippen LogP contribution in [-0.2, 0) is 21.4 Å². The molecule has 0 aliphatic heterocycles. The Labute approximate surface area is 147 Å². The maximum absolute atomic E-state index is 12.2. The molecule has 0 saturated heterocycles. The van der Waals surface area contributed by atoms with Gasteiger partial charge in [-0.25, -0.2) is 8.42 Å². The zero-order valence-corrected chi connectivity index (χ0v) is 15.1. The van der Waals surface area contributed by atoms with Crippen LogP contribution in [0.3, 0.4) is 0 Å². The molecule has 1 N–H and O–H groups in total. The average Bonchev–Trinajstić information content (AvgIpc) is 2.52. The van der Waals surface area contributed by atoms with Crippen molar-refractivity contribution < 1.29 is 13.2 Å². The smallest absolute Gasteiger partial charge is 0.241 e. The van der Waals surface area contributed by atoms with Crippen molar-refractivity contribution in [3.63, 3.8) is 0 Å². The number of para-hydroxylation sites is 1. The quantitative estimate of drug-likeness (QED) is 0.854. The molecule has 1 amide bonds. The maximum atomic E-state index is 12.2. The summed E-state index contributed by atoms with van der Waals surface area (Å²) in [5.41, 5.74) is 2.17. The Balaban J connectivity index is 2.08. The number of anilines is 1. The standard InChI is InChI=1S/C17H19ClN2O3S/c1-13-5-3-4-6-16(13)20(24(2,22)23)12-17(21)19-11-14-7-9-15(18)10-8-14/h3-10H,11-12H2,1-2H3,(H,19,21). The lowest BCUT2D eigenvalue weighted by atomic mass is 10.2. The SMILES string of the molecule is Cc1ccccc1N(CC(=O)NCc1ccc(Cl)cc1)S(C)(=O)=O. The zero-order valence-electron chi connectivity index (χ0n) is 13.5. The lowest BCUT2D eigenvalue weighted by Crippen LogP contribution is -2.40. The molecule has 0 radical (unpaired) electrons. The lowest BCUT2D eigenvalue weighted by molar-refractivity contribution is -0.119. The van der Waals surface area contributed by atoms with Gasteiger partial charge in [0.1, 0.15) is 6.54 Å². The molecule has 128 valence electrons. The second kappa shape index (κ2) is 7.68. The minimum atomic E-state index is -3.57. The Morgan fingerprint density at radius 2 is 1.75 bits per heavy atom. The van der Waals surface area contributed by atoms with Crippen LogP contribution in [0.4, 0.5) is 5.69 Å². The van der Waals surface area contributed by atoms with Gasteiger partial charge in [0, 0.05) is 11.6 Å². The van der Waals surface area contributed by atoms with Crippen LogP contribution in [0, 0.1) is 6.92 Å². The number of benzene rings is 2. The third kappa shape index (κ3) is 4.97. The predicted octanol–water partition coefficient (Wildman–Crippen LogP) is 2.73. The van der Waals surface area contributed by atoms with E-state index in [4.69, 9.17) is 11.6 Å². The fraction of sp³-hybridized carbons (Fsp3) is 0.235. The van der Waals surface area contributed by atoms with Crippen LogP contribution in [0.15, 0.2) is 48.5 Å². The number of hydrogen-bond acceptors (Lipinski definition) is 3. The summed E-state index contributed by atoms with van der Waals surface area (Å²) >= 11 is 5.82. The van der Waals surface area contributed by atoms with Crippen molar-refractivity contribution in [2.75, 3.05) is 17.1 Å². The van der Waals surface area contributed by atoms with Crippen LogP contribution < -0.4 is 9.62 Å². The molecule has 0 unspecified atom stereocenters. The van der Waals surface area contributed by atoms with Crippen molar-refractivity contribution in [2.45, 2.75) is 13.5 Å². The second-order valence-electron chi connectivity index (χ2n) is 5.46. The Kier molecular flexibility index (Phi) is 5.85. The summed E-state index contributed by atoms with van der Waals surface area (Å²) < 4.78 is 25.2. The van der Waals surface area contributed by atoms with E-state index in [1.807, 2.05) is 6.07 Å². The third-order valence-corrected chi connectivity index (χ3v) is 4.85. The largest absolute Gasteiger partial charge is 0.350 e. The van der Waals surface area contributed by atoms with E-state index in [2.05, 4.69) is 5.32 Å². The number of aryl methyl sites for hydroxylation is 1. The molecule has 24 heavy (non-hydrogen) atoms. The molecule has 5 nitrogen and oxygen atoms in total. The molecule has 2 rings (SSSR count). The lowest BCUT2D eigenvalue weighted by Gasteiger charge is -2.23.